The lowest BCUT2D eigenvalue weighted by molar-refractivity contribution is -0.385. The minimum atomic E-state index is -1.04. The lowest BCUT2D eigenvalue weighted by Gasteiger charge is -2.35. The lowest BCUT2D eigenvalue weighted by atomic mass is 10.00. The van der Waals surface area contributed by atoms with Crippen molar-refractivity contribution in [2.75, 3.05) is 6.54 Å². The number of para-hydroxylation sites is 1. The molecular weight excluding hydrogens is 454 g/mol. The first-order valence-corrected chi connectivity index (χ1v) is 11.0. The molecule has 0 radical (unpaired) electrons. The van der Waals surface area contributed by atoms with E-state index in [-0.39, 0.29) is 44.1 Å². The number of hydrogen-bond donors (Lipinski definition) is 2. The molecule has 180 valence electrons. The number of carbonyl (C=O) groups excluding carboxylic acids is 2. The molecule has 1 aliphatic heterocycles. The summed E-state index contributed by atoms with van der Waals surface area (Å²) in [4.78, 5) is 54.0. The Labute approximate surface area is 200 Å². The number of nitrogens with one attached hydrogen (secondary N) is 1. The molecule has 2 aromatic carbocycles. The lowest BCUT2D eigenvalue weighted by Crippen LogP contribution is -2.53. The average molecular weight is 477 g/mol. The van der Waals surface area contributed by atoms with Crippen LogP contribution in [0.2, 0.25) is 0 Å². The van der Waals surface area contributed by atoms with E-state index in [1.54, 1.807) is 59.4 Å². The molecule has 2 amide bonds. The van der Waals surface area contributed by atoms with Crippen LogP contribution < -0.4 is 5.32 Å². The van der Waals surface area contributed by atoms with Crippen molar-refractivity contribution in [2.24, 2.45) is 0 Å². The Kier molecular flexibility index (Phi) is 6.86. The van der Waals surface area contributed by atoms with Crippen molar-refractivity contribution in [3.63, 3.8) is 0 Å². The fourth-order valence-electron chi connectivity index (χ4n) is 4.11. The molecule has 4 rings (SSSR count). The first kappa shape index (κ1) is 23.6. The minimum absolute atomic E-state index is 0.0151. The maximum absolute atomic E-state index is 13.4. The van der Waals surface area contributed by atoms with Crippen molar-refractivity contribution in [2.45, 2.75) is 32.0 Å². The fraction of sp³-hybridized carbons (Fsp3) is 0.250. The largest absolute Gasteiger partial charge is 0.481 e. The van der Waals surface area contributed by atoms with E-state index in [0.717, 1.165) is 0 Å². The van der Waals surface area contributed by atoms with Crippen LogP contribution >= 0.6 is 0 Å². The molecule has 1 atom stereocenters. The van der Waals surface area contributed by atoms with Gasteiger partial charge in [0.2, 0.25) is 5.91 Å². The highest BCUT2D eigenvalue weighted by Gasteiger charge is 2.37. The quantitative estimate of drug-likeness (QED) is 0.372. The van der Waals surface area contributed by atoms with Gasteiger partial charge in [-0.15, -0.1) is 0 Å². The summed E-state index contributed by atoms with van der Waals surface area (Å²) in [6.45, 7) is 0.194. The van der Waals surface area contributed by atoms with Gasteiger partial charge in [-0.05, 0) is 12.1 Å². The van der Waals surface area contributed by atoms with Gasteiger partial charge in [-0.3, -0.25) is 24.5 Å². The number of benzene rings is 2. The SMILES string of the molecule is O=C(O)CCNC(=O)C1Cc2ncn(Cc3ccccc3[N+](=O)[O-])c2CN1C(=O)c1ccccc1. The fourth-order valence-corrected chi connectivity index (χ4v) is 4.11. The summed E-state index contributed by atoms with van der Waals surface area (Å²) in [5.41, 5.74) is 2.18. The Bertz CT molecular complexity index is 1270. The number of aromatic nitrogens is 2. The zero-order valence-corrected chi connectivity index (χ0v) is 18.7. The summed E-state index contributed by atoms with van der Waals surface area (Å²) < 4.78 is 1.75. The first-order valence-electron chi connectivity index (χ1n) is 11.0. The molecule has 3 aromatic rings. The van der Waals surface area contributed by atoms with Crippen LogP contribution in [0.5, 0.6) is 0 Å². The third-order valence-corrected chi connectivity index (χ3v) is 5.87. The molecule has 35 heavy (non-hydrogen) atoms. The summed E-state index contributed by atoms with van der Waals surface area (Å²) in [7, 11) is 0. The van der Waals surface area contributed by atoms with E-state index in [1.807, 2.05) is 0 Å². The Morgan fingerprint density at radius 1 is 1.11 bits per heavy atom. The van der Waals surface area contributed by atoms with Crippen LogP contribution in [-0.2, 0) is 29.1 Å². The molecule has 0 fully saturated rings. The van der Waals surface area contributed by atoms with Crippen molar-refractivity contribution < 1.29 is 24.4 Å². The van der Waals surface area contributed by atoms with Crippen molar-refractivity contribution >= 4 is 23.5 Å². The van der Waals surface area contributed by atoms with Crippen molar-refractivity contribution in [1.82, 2.24) is 19.8 Å². The number of fused-ring (bicyclic) bond motifs is 1. The molecule has 1 unspecified atom stereocenters. The number of rotatable bonds is 8. The number of nitro benzene ring substituents is 1. The van der Waals surface area contributed by atoms with E-state index in [0.29, 0.717) is 22.5 Å². The molecule has 11 heteroatoms. The van der Waals surface area contributed by atoms with Crippen LogP contribution in [0.15, 0.2) is 60.9 Å². The van der Waals surface area contributed by atoms with Crippen LogP contribution in [0.1, 0.15) is 33.7 Å². The predicted molar refractivity (Wildman–Crippen MR) is 123 cm³/mol. The Balaban J connectivity index is 1.64. The Hall–Kier alpha value is -4.54. The van der Waals surface area contributed by atoms with E-state index in [1.165, 1.54) is 11.0 Å². The van der Waals surface area contributed by atoms with Crippen molar-refractivity contribution in [3.05, 3.63) is 93.6 Å². The van der Waals surface area contributed by atoms with E-state index in [4.69, 9.17) is 5.11 Å². The number of hydrogen-bond acceptors (Lipinski definition) is 6. The summed E-state index contributed by atoms with van der Waals surface area (Å²) in [6, 6.07) is 14.1. The van der Waals surface area contributed by atoms with Gasteiger partial charge < -0.3 is 19.9 Å². The molecule has 0 bridgehead atoms. The van der Waals surface area contributed by atoms with Crippen LogP contribution in [0.3, 0.4) is 0 Å². The van der Waals surface area contributed by atoms with Gasteiger partial charge in [-0.25, -0.2) is 4.98 Å². The van der Waals surface area contributed by atoms with Crippen molar-refractivity contribution in [3.8, 4) is 0 Å². The van der Waals surface area contributed by atoms with E-state index in [2.05, 4.69) is 10.3 Å². The van der Waals surface area contributed by atoms with Gasteiger partial charge in [0.05, 0.1) is 42.1 Å². The van der Waals surface area contributed by atoms with Crippen molar-refractivity contribution in [1.29, 1.82) is 0 Å². The number of nitro groups is 1. The molecule has 1 aliphatic rings. The normalized spacial score (nSPS) is 14.7. The van der Waals surface area contributed by atoms with Gasteiger partial charge >= 0.3 is 5.97 Å². The smallest absolute Gasteiger partial charge is 0.305 e. The number of carbonyl (C=O) groups is 3. The minimum Gasteiger partial charge on any atom is -0.481 e. The molecule has 2 heterocycles. The second-order valence-electron chi connectivity index (χ2n) is 8.11. The second kappa shape index (κ2) is 10.2. The molecule has 11 nitrogen and oxygen atoms in total. The van der Waals surface area contributed by atoms with Gasteiger partial charge in [0, 0.05) is 30.2 Å². The Morgan fingerprint density at radius 3 is 2.54 bits per heavy atom. The number of carboxylic acids is 1. The Morgan fingerprint density at radius 2 is 1.83 bits per heavy atom. The highest BCUT2D eigenvalue weighted by Crippen LogP contribution is 2.27. The summed E-state index contributed by atoms with van der Waals surface area (Å²) in [5.74, 6) is -1.86. The average Bonchev–Trinajstić information content (AvgIpc) is 3.24. The summed E-state index contributed by atoms with van der Waals surface area (Å²) in [6.07, 6.45) is 1.45. The number of carboxylic acid groups (broad SMARTS) is 1. The monoisotopic (exact) mass is 477 g/mol. The van der Waals surface area contributed by atoms with E-state index in [9.17, 15) is 24.5 Å². The molecule has 0 saturated heterocycles. The van der Waals surface area contributed by atoms with E-state index >= 15 is 0 Å². The van der Waals surface area contributed by atoms with Crippen LogP contribution in [0, 0.1) is 10.1 Å². The predicted octanol–water partition coefficient (Wildman–Crippen LogP) is 2.00. The molecule has 0 saturated carbocycles. The first-order chi connectivity index (χ1) is 16.8. The number of nitrogens with zero attached hydrogens (tertiary/aromatic N) is 4. The topological polar surface area (TPSA) is 148 Å². The van der Waals surface area contributed by atoms with Crippen LogP contribution in [-0.4, -0.2) is 54.9 Å². The number of amides is 2. The van der Waals surface area contributed by atoms with Crippen LogP contribution in [0.25, 0.3) is 0 Å². The standard InChI is InChI=1S/C24H23N5O6/c30-22(31)10-11-25-23(32)20-12-18-21(14-28(20)24(33)16-6-2-1-3-7-16)27(15-26-18)13-17-8-4-5-9-19(17)29(34)35/h1-9,15,20H,10-14H2,(H,25,32)(H,30,31). The zero-order valence-electron chi connectivity index (χ0n) is 18.7. The van der Waals surface area contributed by atoms with Gasteiger partial charge in [0.1, 0.15) is 6.04 Å². The molecule has 0 aliphatic carbocycles. The maximum Gasteiger partial charge on any atom is 0.305 e. The summed E-state index contributed by atoms with van der Waals surface area (Å²) >= 11 is 0. The third kappa shape index (κ3) is 5.18. The summed E-state index contributed by atoms with van der Waals surface area (Å²) in [5, 5.41) is 22.9. The molecule has 0 spiro atoms. The van der Waals surface area contributed by atoms with Gasteiger partial charge in [0.25, 0.3) is 11.6 Å². The van der Waals surface area contributed by atoms with Gasteiger partial charge in [-0.1, -0.05) is 36.4 Å². The molecule has 2 N–H and O–H groups in total. The van der Waals surface area contributed by atoms with Gasteiger partial charge in [0.15, 0.2) is 0 Å². The second-order valence-corrected chi connectivity index (χ2v) is 8.11. The maximum atomic E-state index is 13.4. The molecular formula is C24H23N5O6. The zero-order chi connectivity index (χ0) is 24.9. The third-order valence-electron chi connectivity index (χ3n) is 5.87. The highest BCUT2D eigenvalue weighted by molar-refractivity contribution is 5.98. The number of aliphatic carboxylic acids is 1. The van der Waals surface area contributed by atoms with E-state index < -0.39 is 22.8 Å². The van der Waals surface area contributed by atoms with Crippen LogP contribution in [0.4, 0.5) is 5.69 Å². The van der Waals surface area contributed by atoms with Gasteiger partial charge in [-0.2, -0.15) is 0 Å². The molecule has 1 aromatic heterocycles. The highest BCUT2D eigenvalue weighted by atomic mass is 16.6. The number of imidazole rings is 1.